The van der Waals surface area contributed by atoms with Gasteiger partial charge >= 0.3 is 32.9 Å². The topological polar surface area (TPSA) is 427 Å². The van der Waals surface area contributed by atoms with E-state index in [-0.39, 0.29) is 132 Å². The highest BCUT2D eigenvalue weighted by molar-refractivity contribution is 6.62. The number of alkyl halides is 6. The minimum Gasteiger partial charge on any atom is -0.476 e. The Kier molecular flexibility index (Phi) is 27.2. The molecule has 1 saturated heterocycles. The molecule has 2 aliphatic heterocycles. The van der Waals surface area contributed by atoms with Crippen molar-refractivity contribution in [3.8, 4) is 40.1 Å². The Morgan fingerprint density at radius 1 is 0.579 bits per heavy atom. The Labute approximate surface area is 615 Å². The number of amides is 2. The van der Waals surface area contributed by atoms with Crippen LogP contribution in [0.4, 0.5) is 60.9 Å². The number of nitrogen functional groups attached to an aromatic ring is 4. The largest absolute Gasteiger partial charge is 0.496 e. The summed E-state index contributed by atoms with van der Waals surface area (Å²) >= 11 is 11.9. The number of aliphatic imine (C=N–C) groups is 2. The van der Waals surface area contributed by atoms with Crippen LogP contribution in [0.5, 0.6) is 17.2 Å². The van der Waals surface area contributed by atoms with Crippen molar-refractivity contribution < 1.29 is 69.4 Å². The van der Waals surface area contributed by atoms with Crippen molar-refractivity contribution in [3.05, 3.63) is 199 Å². The first-order valence-corrected chi connectivity index (χ1v) is 31.6. The number of aromatic nitrogens is 12. The summed E-state index contributed by atoms with van der Waals surface area (Å²) in [5.74, 6) is -3.48. The average molecular weight is 1530 g/mol. The maximum atomic E-state index is 13.0. The van der Waals surface area contributed by atoms with Gasteiger partial charge in [0.15, 0.2) is 62.6 Å². The summed E-state index contributed by atoms with van der Waals surface area (Å²) in [6.07, 6.45) is 7.54. The summed E-state index contributed by atoms with van der Waals surface area (Å²) in [6, 6.07) is 27.2. The second-order valence-electron chi connectivity index (χ2n) is 23.3. The molecule has 0 spiro atoms. The van der Waals surface area contributed by atoms with Crippen molar-refractivity contribution in [2.45, 2.75) is 93.1 Å². The van der Waals surface area contributed by atoms with Crippen LogP contribution in [0, 0.1) is 13.8 Å². The number of anilines is 6. The minimum atomic E-state index is -3.07. The quantitative estimate of drug-likeness (QED) is 0.0268. The molecule has 3 aromatic carbocycles. The molecule has 0 saturated carbocycles. The number of ether oxygens (including phenoxy) is 3. The Morgan fingerprint density at radius 2 is 1.03 bits per heavy atom. The highest BCUT2D eigenvalue weighted by atomic mass is 35.5. The van der Waals surface area contributed by atoms with Crippen LogP contribution in [0.15, 0.2) is 154 Å². The van der Waals surface area contributed by atoms with Crippen LogP contribution in [-0.2, 0) is 23.4 Å². The summed E-state index contributed by atoms with van der Waals surface area (Å²) in [5, 5.41) is 22.0. The smallest absolute Gasteiger partial charge is 0.476 e. The predicted octanol–water partition coefficient (Wildman–Crippen LogP) is 9.98. The lowest BCUT2D eigenvalue weighted by atomic mass is 9.80. The number of aromatic carboxylic acids is 1. The first-order chi connectivity index (χ1) is 50.0. The highest BCUT2D eigenvalue weighted by Gasteiger charge is 2.52. The number of carbonyl (C=O) groups is 3. The van der Waals surface area contributed by atoms with Gasteiger partial charge in [-0.05, 0) is 109 Å². The van der Waals surface area contributed by atoms with E-state index in [1.54, 1.807) is 102 Å². The number of hydrogen-bond donors (Lipinski definition) is 7. The Hall–Kier alpha value is -12.3. The van der Waals surface area contributed by atoms with Gasteiger partial charge in [0, 0.05) is 62.8 Å². The number of hydrogen-bond acceptors (Lipinski definition) is 24. The molecule has 0 aliphatic carbocycles. The zero-order valence-electron chi connectivity index (χ0n) is 57.3. The van der Waals surface area contributed by atoms with Crippen molar-refractivity contribution >= 4 is 100 Å². The number of nitrogens with one attached hydrogen (secondary N) is 2. The lowest BCUT2D eigenvalue weighted by Crippen LogP contribution is -2.41. The first-order valence-electron chi connectivity index (χ1n) is 30.9. The number of benzene rings is 3. The molecule has 40 heteroatoms. The van der Waals surface area contributed by atoms with Crippen molar-refractivity contribution in [1.82, 2.24) is 58.6 Å². The average Bonchev–Trinajstić information content (AvgIpc) is 1.61. The number of carboxylic acid groups (broad SMARTS) is 1. The third kappa shape index (κ3) is 21.2. The van der Waals surface area contributed by atoms with Crippen LogP contribution in [0.25, 0.3) is 22.9 Å². The highest BCUT2D eigenvalue weighted by Crippen LogP contribution is 2.37. The van der Waals surface area contributed by atoms with Crippen molar-refractivity contribution in [3.63, 3.8) is 0 Å². The number of aryl methyl sites for hydroxylation is 4. The van der Waals surface area contributed by atoms with Gasteiger partial charge in [-0.25, -0.2) is 44.1 Å². The molecule has 2 amide bonds. The van der Waals surface area contributed by atoms with E-state index < -0.39 is 50.9 Å². The van der Waals surface area contributed by atoms with Crippen molar-refractivity contribution in [2.24, 2.45) is 24.1 Å². The molecule has 0 radical (unpaired) electrons. The molecule has 1 unspecified atom stereocenters. The van der Waals surface area contributed by atoms with Crippen LogP contribution >= 0.6 is 23.2 Å². The summed E-state index contributed by atoms with van der Waals surface area (Å²) in [7, 11) is 2.88. The minimum absolute atomic E-state index is 0. The molecule has 1 atom stereocenters. The monoisotopic (exact) mass is 1520 g/mol. The first kappa shape index (κ1) is 82.0. The third-order valence-electron chi connectivity index (χ3n) is 15.0. The second kappa shape index (κ2) is 35.5. The van der Waals surface area contributed by atoms with Gasteiger partial charge in [0.2, 0.25) is 11.1 Å². The van der Waals surface area contributed by atoms with Crippen molar-refractivity contribution in [1.29, 1.82) is 0 Å². The molecule has 11 N–H and O–H groups in total. The molecule has 31 nitrogen and oxygen atoms in total. The molecule has 562 valence electrons. The number of nitrogens with two attached hydrogens (primary N) is 4. The van der Waals surface area contributed by atoms with E-state index in [4.69, 9.17) is 60.6 Å². The zero-order chi connectivity index (χ0) is 77.6. The van der Waals surface area contributed by atoms with Gasteiger partial charge in [0.1, 0.15) is 28.6 Å². The van der Waals surface area contributed by atoms with E-state index in [1.807, 2.05) is 27.7 Å². The second-order valence-corrected chi connectivity index (χ2v) is 24.0. The van der Waals surface area contributed by atoms with E-state index in [9.17, 15) is 50.3 Å². The van der Waals surface area contributed by atoms with Gasteiger partial charge in [-0.15, -0.1) is 0 Å². The molecular formula is C67H69BCl2F6N20O11. The normalized spacial score (nSPS) is 13.6. The standard InChI is InChI=1S/C22H19F2N7O3.C16H13ClF2N6O2.C12H18BNO3.C9H8ClN5O2.C7H7F2NO.CH4/c1-12-9-10-31(29-12)20-17(13-7-8-16(32)30(2)11-13)27-18(19(25)28-20)21(33)26-14-5-3-4-6-15(14)34-22(23)24;1-8-6-7-25(24-8)14-12(17)22-11(13(20)23-14)15(26)21-9-4-2-3-5-10(9)27-16(18)19;1-11(2)12(3,4)17-13(16-11)9-6-7-10(15)14(5)8-9;1-3-2-12-8(13-3)4-6(10)14-5(9(16)17)7(11)15-4;8-7(9)11-6-4-2-1-3-5(6)10;/h3-11,22H,1-2H3,(H2,25,28)(H,26,33);2-7,16H,1H3,(H2,20,23)(H,21,26);6-8H,1-5H3;2,8H,1H3,(H2,11,15)(H,16,17);1-4,7H,10H2;1H4. The third-order valence-corrected chi connectivity index (χ3v) is 15.5. The summed E-state index contributed by atoms with van der Waals surface area (Å²) in [6.45, 7) is 4.45. The predicted molar refractivity (Wildman–Crippen MR) is 389 cm³/mol. The van der Waals surface area contributed by atoms with Crippen LogP contribution in [0.3, 0.4) is 0 Å². The SMILES string of the molecule is C.CC1=NC(c2nc(N)c(C(=O)O)nc2Cl)N=C1.Cc1ccn(-c2nc(N)c(C(=O)Nc3ccccc3OC(F)F)nc2-c2ccc(=O)n(C)c2)n1.Cc1ccn(-c2nc(N)c(C(=O)Nc3ccccc3OC(F)F)nc2Cl)n1.Cn1cc(B2OC(C)(C)C(C)(C)O2)ccc1=O.Nc1ccccc1OC(F)F. The van der Waals surface area contributed by atoms with Gasteiger partial charge in [-0.1, -0.05) is 73.1 Å². The summed E-state index contributed by atoms with van der Waals surface area (Å²) < 4.78 is 104. The van der Waals surface area contributed by atoms with Gasteiger partial charge in [0.25, 0.3) is 11.8 Å². The Balaban J connectivity index is 0.000000195. The number of halogens is 8. The van der Waals surface area contributed by atoms with Crippen LogP contribution in [-0.4, -0.2) is 132 Å². The van der Waals surface area contributed by atoms with Crippen molar-refractivity contribution in [2.75, 3.05) is 33.6 Å². The van der Waals surface area contributed by atoms with Gasteiger partial charge in [-0.2, -0.15) is 36.5 Å². The van der Waals surface area contributed by atoms with E-state index >= 15 is 0 Å². The summed E-state index contributed by atoms with van der Waals surface area (Å²) in [4.78, 5) is 92.0. The maximum Gasteiger partial charge on any atom is 0.496 e. The lowest BCUT2D eigenvalue weighted by molar-refractivity contribution is -0.0500. The molecule has 9 heterocycles. The van der Waals surface area contributed by atoms with E-state index in [2.05, 4.69) is 74.9 Å². The number of pyridine rings is 2. The van der Waals surface area contributed by atoms with Crippen LogP contribution < -0.4 is 64.4 Å². The van der Waals surface area contributed by atoms with E-state index in [0.29, 0.717) is 11.3 Å². The number of carbonyl (C=O) groups excluding carboxylic acids is 2. The molecule has 2 aliphatic rings. The summed E-state index contributed by atoms with van der Waals surface area (Å²) in [5.41, 5.74) is 25.0. The number of carboxylic acids is 1. The maximum absolute atomic E-state index is 13.0. The molecule has 7 aromatic heterocycles. The van der Waals surface area contributed by atoms with Crippen LogP contribution in [0.1, 0.15) is 96.8 Å². The number of nitrogens with zero attached hydrogens (tertiary/aromatic N) is 14. The van der Waals surface area contributed by atoms with Gasteiger partial charge < -0.3 is 71.3 Å². The van der Waals surface area contributed by atoms with Gasteiger partial charge in [0.05, 0.1) is 45.4 Å². The van der Waals surface area contributed by atoms with E-state index in [0.717, 1.165) is 16.9 Å². The van der Waals surface area contributed by atoms with Crippen LogP contribution in [0.2, 0.25) is 10.3 Å². The molecule has 10 aromatic rings. The van der Waals surface area contributed by atoms with E-state index in [1.165, 1.54) is 91.4 Å². The fourth-order valence-electron chi connectivity index (χ4n) is 9.14. The molecular weight excluding hydrogens is 1460 g/mol. The molecule has 12 rings (SSSR count). The van der Waals surface area contributed by atoms with Gasteiger partial charge in [-0.3, -0.25) is 29.2 Å². The zero-order valence-corrected chi connectivity index (χ0v) is 58.8. The number of rotatable bonds is 16. The molecule has 0 bridgehead atoms. The lowest BCUT2D eigenvalue weighted by Gasteiger charge is -2.32. The Morgan fingerprint density at radius 3 is 1.50 bits per heavy atom. The fourth-order valence-corrected chi connectivity index (χ4v) is 9.58. The Bertz CT molecular complexity index is 5050. The number of para-hydroxylation sites is 6. The fraction of sp³-hybridized carbons (Fsp3) is 0.239. The molecule has 1 fully saturated rings. The molecule has 107 heavy (non-hydrogen) atoms.